The van der Waals surface area contributed by atoms with E-state index in [4.69, 9.17) is 4.18 Å². The third-order valence-corrected chi connectivity index (χ3v) is 5.02. The van der Waals surface area contributed by atoms with Crippen LogP contribution < -0.4 is 0 Å². The topological polar surface area (TPSA) is 43.4 Å². The summed E-state index contributed by atoms with van der Waals surface area (Å²) in [6.07, 6.45) is 9.50. The molecule has 0 aromatic heterocycles. The van der Waals surface area contributed by atoms with Crippen molar-refractivity contribution in [2.24, 2.45) is 5.92 Å². The molecule has 0 N–H and O–H groups in total. The van der Waals surface area contributed by atoms with E-state index in [1.807, 2.05) is 0 Å². The fourth-order valence-electron chi connectivity index (χ4n) is 2.36. The van der Waals surface area contributed by atoms with E-state index in [-0.39, 0.29) is 41.1 Å². The number of benzene rings is 1. The first-order chi connectivity index (χ1) is 10.5. The summed E-state index contributed by atoms with van der Waals surface area (Å²) in [6, 6.07) is 8.32. The molecule has 23 heavy (non-hydrogen) atoms. The van der Waals surface area contributed by atoms with Gasteiger partial charge >= 0.3 is 0 Å². The van der Waals surface area contributed by atoms with Crippen LogP contribution in [0, 0.1) is 5.92 Å². The van der Waals surface area contributed by atoms with Gasteiger partial charge in [0.15, 0.2) is 0 Å². The molecule has 3 nitrogen and oxygen atoms in total. The Labute approximate surface area is 164 Å². The summed E-state index contributed by atoms with van der Waals surface area (Å²) in [5.41, 5.74) is 0. The number of hydrogen-bond acceptors (Lipinski definition) is 3. The summed E-state index contributed by atoms with van der Waals surface area (Å²) >= 11 is 0. The van der Waals surface area contributed by atoms with Crippen molar-refractivity contribution in [2.75, 3.05) is 6.61 Å². The van der Waals surface area contributed by atoms with Gasteiger partial charge < -0.3 is 0 Å². The van der Waals surface area contributed by atoms with Crippen LogP contribution in [-0.2, 0) is 14.3 Å². The van der Waals surface area contributed by atoms with Crippen molar-refractivity contribution in [1.29, 1.82) is 0 Å². The summed E-state index contributed by atoms with van der Waals surface area (Å²) in [5, 5.41) is 0. The van der Waals surface area contributed by atoms with Gasteiger partial charge in [-0.2, -0.15) is 8.42 Å². The van der Waals surface area contributed by atoms with Crippen LogP contribution in [0.25, 0.3) is 0 Å². The van der Waals surface area contributed by atoms with E-state index >= 15 is 0 Å². The Hall–Kier alpha value is 0.130. The van der Waals surface area contributed by atoms with Gasteiger partial charge in [0.2, 0.25) is 0 Å². The predicted molar refractivity (Wildman–Crippen MR) is 97.1 cm³/mol. The Bertz CT molecular complexity index is 486. The molecule has 5 heteroatoms. The second-order valence-electron chi connectivity index (χ2n) is 6.25. The molecule has 1 rings (SSSR count). The minimum atomic E-state index is -3.57. The van der Waals surface area contributed by atoms with Gasteiger partial charge in [0.1, 0.15) is 0 Å². The second kappa shape index (κ2) is 13.4. The van der Waals surface area contributed by atoms with E-state index in [1.165, 1.54) is 32.1 Å². The molecule has 0 aliphatic heterocycles. The molecule has 0 atom stereocenters. The van der Waals surface area contributed by atoms with Crippen LogP contribution in [-0.4, -0.2) is 44.6 Å². The Kier molecular flexibility index (Phi) is 13.5. The van der Waals surface area contributed by atoms with E-state index in [0.717, 1.165) is 25.2 Å². The van der Waals surface area contributed by atoms with Crippen molar-refractivity contribution in [2.45, 2.75) is 70.1 Å². The van der Waals surface area contributed by atoms with Crippen molar-refractivity contribution < 1.29 is 12.6 Å². The van der Waals surface area contributed by atoms with Crippen molar-refractivity contribution in [3.63, 3.8) is 0 Å². The van der Waals surface area contributed by atoms with Gasteiger partial charge in [-0.3, -0.25) is 4.18 Å². The van der Waals surface area contributed by atoms with Crippen molar-refractivity contribution in [3.05, 3.63) is 30.3 Å². The second-order valence-corrected chi connectivity index (χ2v) is 7.86. The molecule has 1 radical (unpaired) electrons. The van der Waals surface area contributed by atoms with E-state index in [2.05, 4.69) is 13.8 Å². The molecular weight excluding hydrogens is 319 g/mol. The molecular formula is C18H30NaO3S. The van der Waals surface area contributed by atoms with Crippen LogP contribution >= 0.6 is 0 Å². The molecule has 0 saturated carbocycles. The van der Waals surface area contributed by atoms with Crippen molar-refractivity contribution in [1.82, 2.24) is 0 Å². The Morgan fingerprint density at radius 2 is 1.39 bits per heavy atom. The maximum absolute atomic E-state index is 11.9. The quantitative estimate of drug-likeness (QED) is 0.310. The van der Waals surface area contributed by atoms with Crippen molar-refractivity contribution in [3.8, 4) is 0 Å². The molecule has 0 bridgehead atoms. The van der Waals surface area contributed by atoms with E-state index in [0.29, 0.717) is 0 Å². The van der Waals surface area contributed by atoms with E-state index < -0.39 is 10.1 Å². The van der Waals surface area contributed by atoms with Crippen molar-refractivity contribution >= 4 is 39.7 Å². The molecule has 1 aromatic carbocycles. The Morgan fingerprint density at radius 1 is 0.870 bits per heavy atom. The largest absolute Gasteiger partial charge is 0.296 e. The van der Waals surface area contributed by atoms with Gasteiger partial charge in [-0.25, -0.2) is 0 Å². The minimum absolute atomic E-state index is 0. The summed E-state index contributed by atoms with van der Waals surface area (Å²) in [7, 11) is -3.57. The number of hydrogen-bond donors (Lipinski definition) is 0. The normalized spacial score (nSPS) is 11.4. The monoisotopic (exact) mass is 349 g/mol. The van der Waals surface area contributed by atoms with Crippen LogP contribution in [0.2, 0.25) is 0 Å². The van der Waals surface area contributed by atoms with Crippen LogP contribution in [0.5, 0.6) is 0 Å². The van der Waals surface area contributed by atoms with E-state index in [9.17, 15) is 8.42 Å². The molecule has 0 amide bonds. The first-order valence-electron chi connectivity index (χ1n) is 8.47. The predicted octanol–water partition coefficient (Wildman–Crippen LogP) is 4.79. The third kappa shape index (κ3) is 11.3. The first kappa shape index (κ1) is 23.1. The minimum Gasteiger partial charge on any atom is -0.266 e. The molecule has 0 unspecified atom stereocenters. The standard InChI is InChI=1S/C18H30O3S.Na/c1-17(2)13-9-6-4-3-5-7-12-16-21-22(19,20)18-14-10-8-11-15-18;/h8,10-11,14-15,17H,3-7,9,12-13,16H2,1-2H3;. The molecule has 0 aliphatic rings. The average Bonchev–Trinajstić information content (AvgIpc) is 2.49. The zero-order chi connectivity index (χ0) is 16.3. The summed E-state index contributed by atoms with van der Waals surface area (Å²) in [4.78, 5) is 0.236. The van der Waals surface area contributed by atoms with Gasteiger partial charge in [0.25, 0.3) is 10.1 Å². The summed E-state index contributed by atoms with van der Waals surface area (Å²) in [6.45, 7) is 4.82. The molecule has 0 saturated heterocycles. The van der Waals surface area contributed by atoms with Gasteiger partial charge in [-0.1, -0.05) is 77.0 Å². The number of unbranched alkanes of at least 4 members (excludes halogenated alkanes) is 6. The molecule has 0 heterocycles. The van der Waals surface area contributed by atoms with Crippen LogP contribution in [0.3, 0.4) is 0 Å². The maximum Gasteiger partial charge on any atom is 0.296 e. The molecule has 0 fully saturated rings. The zero-order valence-electron chi connectivity index (χ0n) is 15.0. The Morgan fingerprint density at radius 3 is 1.96 bits per heavy atom. The van der Waals surface area contributed by atoms with Crippen LogP contribution in [0.1, 0.15) is 65.2 Å². The van der Waals surface area contributed by atoms with Crippen LogP contribution in [0.15, 0.2) is 35.2 Å². The van der Waals surface area contributed by atoms with E-state index in [1.54, 1.807) is 30.3 Å². The van der Waals surface area contributed by atoms with Gasteiger partial charge in [-0.05, 0) is 24.5 Å². The number of rotatable bonds is 12. The van der Waals surface area contributed by atoms with Crippen LogP contribution in [0.4, 0.5) is 0 Å². The SMILES string of the molecule is CC(C)CCCCCCCCCOS(=O)(=O)c1ccccc1.[Na]. The average molecular weight is 349 g/mol. The summed E-state index contributed by atoms with van der Waals surface area (Å²) < 4.78 is 28.8. The summed E-state index contributed by atoms with van der Waals surface area (Å²) in [5.74, 6) is 0.809. The smallest absolute Gasteiger partial charge is 0.266 e. The maximum atomic E-state index is 11.9. The Balaban J connectivity index is 0.00000484. The zero-order valence-corrected chi connectivity index (χ0v) is 17.8. The van der Waals surface area contributed by atoms with Gasteiger partial charge in [-0.15, -0.1) is 0 Å². The molecule has 1 aromatic rings. The fraction of sp³-hybridized carbons (Fsp3) is 0.667. The fourth-order valence-corrected chi connectivity index (χ4v) is 3.33. The third-order valence-electron chi connectivity index (χ3n) is 3.70. The first-order valence-corrected chi connectivity index (χ1v) is 9.87. The molecule has 0 aliphatic carbocycles. The molecule has 127 valence electrons. The molecule has 0 spiro atoms. The van der Waals surface area contributed by atoms with Gasteiger partial charge in [0, 0.05) is 29.6 Å². The van der Waals surface area contributed by atoms with Gasteiger partial charge in [0.05, 0.1) is 11.5 Å².